The molecular formula is C17H16ClN3O. The zero-order chi connectivity index (χ0) is 15.7. The van der Waals surface area contributed by atoms with E-state index in [4.69, 9.17) is 11.6 Å². The van der Waals surface area contributed by atoms with Crippen molar-refractivity contribution in [3.05, 3.63) is 64.8 Å². The Morgan fingerprint density at radius 2 is 1.86 bits per heavy atom. The highest BCUT2D eigenvalue weighted by molar-refractivity contribution is 6.31. The molecule has 0 radical (unpaired) electrons. The maximum atomic E-state index is 12.7. The zero-order valence-corrected chi connectivity index (χ0v) is 13.1. The fourth-order valence-electron chi connectivity index (χ4n) is 2.49. The average molecular weight is 314 g/mol. The third kappa shape index (κ3) is 2.46. The summed E-state index contributed by atoms with van der Waals surface area (Å²) in [5.41, 5.74) is 2.20. The second kappa shape index (κ2) is 5.81. The van der Waals surface area contributed by atoms with E-state index in [1.807, 2.05) is 55.5 Å². The highest BCUT2D eigenvalue weighted by atomic mass is 35.5. The number of nitrogens with one attached hydrogen (secondary N) is 1. The van der Waals surface area contributed by atoms with Crippen LogP contribution in [-0.4, -0.2) is 28.1 Å². The van der Waals surface area contributed by atoms with Crippen molar-refractivity contribution >= 4 is 28.4 Å². The van der Waals surface area contributed by atoms with E-state index >= 15 is 0 Å². The monoisotopic (exact) mass is 313 g/mol. The van der Waals surface area contributed by atoms with E-state index in [-0.39, 0.29) is 11.9 Å². The van der Waals surface area contributed by atoms with E-state index in [0.29, 0.717) is 10.7 Å². The standard InChI is InChI=1S/C17H16ClN3O/c1-11(12-7-3-5-9-14(12)18)21(2)17(22)16-13-8-4-6-10-15(13)19-20-16/h3-11H,1-2H3,(H,19,20). The van der Waals surface area contributed by atoms with Crippen LogP contribution >= 0.6 is 11.6 Å². The number of hydrogen-bond donors (Lipinski definition) is 1. The number of carbonyl (C=O) groups excluding carboxylic acids is 1. The van der Waals surface area contributed by atoms with Gasteiger partial charge in [0.25, 0.3) is 5.91 Å². The van der Waals surface area contributed by atoms with Gasteiger partial charge in [0.2, 0.25) is 0 Å². The Morgan fingerprint density at radius 3 is 2.64 bits per heavy atom. The molecule has 0 spiro atoms. The van der Waals surface area contributed by atoms with E-state index < -0.39 is 0 Å². The molecule has 3 rings (SSSR count). The predicted octanol–water partition coefficient (Wildman–Crippen LogP) is 4.05. The van der Waals surface area contributed by atoms with Crippen LogP contribution in [0.1, 0.15) is 29.0 Å². The van der Waals surface area contributed by atoms with Gasteiger partial charge in [-0.3, -0.25) is 9.89 Å². The van der Waals surface area contributed by atoms with Gasteiger partial charge < -0.3 is 4.90 Å². The zero-order valence-electron chi connectivity index (χ0n) is 12.4. The quantitative estimate of drug-likeness (QED) is 0.793. The minimum Gasteiger partial charge on any atom is -0.333 e. The van der Waals surface area contributed by atoms with Crippen LogP contribution < -0.4 is 0 Å². The fourth-order valence-corrected chi connectivity index (χ4v) is 2.79. The highest BCUT2D eigenvalue weighted by Gasteiger charge is 2.23. The van der Waals surface area contributed by atoms with Crippen LogP contribution in [0.3, 0.4) is 0 Å². The minimum absolute atomic E-state index is 0.134. The number of amides is 1. The maximum Gasteiger partial charge on any atom is 0.275 e. The third-order valence-electron chi connectivity index (χ3n) is 3.93. The summed E-state index contributed by atoms with van der Waals surface area (Å²) >= 11 is 6.23. The number of benzene rings is 2. The molecule has 0 aliphatic carbocycles. The smallest absolute Gasteiger partial charge is 0.275 e. The SMILES string of the molecule is CC(c1ccccc1Cl)N(C)C(=O)c1n[nH]c2ccccc12. The number of carbonyl (C=O) groups is 1. The number of fused-ring (bicyclic) bond motifs is 1. The summed E-state index contributed by atoms with van der Waals surface area (Å²) in [6, 6.07) is 15.0. The predicted molar refractivity (Wildman–Crippen MR) is 88.1 cm³/mol. The van der Waals surface area contributed by atoms with Gasteiger partial charge in [-0.05, 0) is 24.6 Å². The number of aromatic amines is 1. The first-order valence-corrected chi connectivity index (χ1v) is 7.42. The number of para-hydroxylation sites is 1. The normalized spacial score (nSPS) is 12.3. The third-order valence-corrected chi connectivity index (χ3v) is 4.27. The Bertz CT molecular complexity index is 827. The van der Waals surface area contributed by atoms with Crippen molar-refractivity contribution < 1.29 is 4.79 Å². The first kappa shape index (κ1) is 14.6. The molecule has 0 bridgehead atoms. The topological polar surface area (TPSA) is 49.0 Å². The molecule has 3 aromatic rings. The molecule has 0 saturated carbocycles. The first-order chi connectivity index (χ1) is 10.6. The van der Waals surface area contributed by atoms with Crippen LogP contribution in [0.2, 0.25) is 5.02 Å². The van der Waals surface area contributed by atoms with Gasteiger partial charge in [0.05, 0.1) is 11.6 Å². The van der Waals surface area contributed by atoms with Gasteiger partial charge in [0.1, 0.15) is 0 Å². The van der Waals surface area contributed by atoms with Gasteiger partial charge in [-0.1, -0.05) is 48.0 Å². The van der Waals surface area contributed by atoms with Crippen molar-refractivity contribution in [2.24, 2.45) is 0 Å². The lowest BCUT2D eigenvalue weighted by molar-refractivity contribution is 0.0738. The van der Waals surface area contributed by atoms with Crippen LogP contribution in [0.4, 0.5) is 0 Å². The molecule has 2 aromatic carbocycles. The summed E-state index contributed by atoms with van der Waals surface area (Å²) in [7, 11) is 1.76. The number of nitrogens with zero attached hydrogens (tertiary/aromatic N) is 2. The molecule has 0 fully saturated rings. The Kier molecular flexibility index (Phi) is 3.86. The minimum atomic E-state index is -0.142. The second-order valence-electron chi connectivity index (χ2n) is 5.23. The van der Waals surface area contributed by atoms with E-state index in [1.54, 1.807) is 11.9 Å². The number of hydrogen-bond acceptors (Lipinski definition) is 2. The number of rotatable bonds is 3. The molecule has 0 aliphatic rings. The van der Waals surface area contributed by atoms with Gasteiger partial charge in [-0.25, -0.2) is 0 Å². The largest absolute Gasteiger partial charge is 0.333 e. The van der Waals surface area contributed by atoms with E-state index in [1.165, 1.54) is 0 Å². The molecule has 0 aliphatic heterocycles. The Balaban J connectivity index is 1.93. The lowest BCUT2D eigenvalue weighted by Crippen LogP contribution is -2.30. The van der Waals surface area contributed by atoms with Crippen molar-refractivity contribution in [1.82, 2.24) is 15.1 Å². The summed E-state index contributed by atoms with van der Waals surface area (Å²) in [5.74, 6) is -0.134. The average Bonchev–Trinajstić information content (AvgIpc) is 2.97. The summed E-state index contributed by atoms with van der Waals surface area (Å²) in [5, 5.41) is 8.53. The number of halogens is 1. The van der Waals surface area contributed by atoms with Crippen molar-refractivity contribution in [3.63, 3.8) is 0 Å². The molecule has 1 unspecified atom stereocenters. The second-order valence-corrected chi connectivity index (χ2v) is 5.64. The molecule has 1 aromatic heterocycles. The van der Waals surface area contributed by atoms with Gasteiger partial charge in [-0.15, -0.1) is 0 Å². The molecule has 5 heteroatoms. The van der Waals surface area contributed by atoms with Crippen LogP contribution in [0.15, 0.2) is 48.5 Å². The summed E-state index contributed by atoms with van der Waals surface area (Å²) in [4.78, 5) is 14.4. The number of aromatic nitrogens is 2. The molecule has 1 atom stereocenters. The molecule has 112 valence electrons. The van der Waals surface area contributed by atoms with Gasteiger partial charge in [0.15, 0.2) is 5.69 Å². The molecule has 22 heavy (non-hydrogen) atoms. The molecule has 1 amide bonds. The molecule has 1 heterocycles. The lowest BCUT2D eigenvalue weighted by Gasteiger charge is -2.25. The Hall–Kier alpha value is -2.33. The van der Waals surface area contributed by atoms with E-state index in [0.717, 1.165) is 16.5 Å². The van der Waals surface area contributed by atoms with E-state index in [2.05, 4.69) is 10.2 Å². The molecular weight excluding hydrogens is 298 g/mol. The summed E-state index contributed by atoms with van der Waals surface area (Å²) in [6.45, 7) is 1.95. The van der Waals surface area contributed by atoms with Gasteiger partial charge in [0, 0.05) is 17.5 Å². The van der Waals surface area contributed by atoms with Crippen molar-refractivity contribution in [3.8, 4) is 0 Å². The Morgan fingerprint density at radius 1 is 1.18 bits per heavy atom. The number of H-pyrrole nitrogens is 1. The summed E-state index contributed by atoms with van der Waals surface area (Å²) in [6.07, 6.45) is 0. The lowest BCUT2D eigenvalue weighted by atomic mass is 10.1. The fraction of sp³-hybridized carbons (Fsp3) is 0.176. The van der Waals surface area contributed by atoms with Gasteiger partial charge >= 0.3 is 0 Å². The molecule has 0 saturated heterocycles. The Labute approximate surface area is 133 Å². The summed E-state index contributed by atoms with van der Waals surface area (Å²) < 4.78 is 0. The van der Waals surface area contributed by atoms with Crippen LogP contribution in [-0.2, 0) is 0 Å². The van der Waals surface area contributed by atoms with Crippen molar-refractivity contribution in [2.75, 3.05) is 7.05 Å². The molecule has 4 nitrogen and oxygen atoms in total. The maximum absolute atomic E-state index is 12.7. The first-order valence-electron chi connectivity index (χ1n) is 7.04. The van der Waals surface area contributed by atoms with Gasteiger partial charge in [-0.2, -0.15) is 5.10 Å². The van der Waals surface area contributed by atoms with Crippen LogP contribution in [0, 0.1) is 0 Å². The van der Waals surface area contributed by atoms with Crippen LogP contribution in [0.25, 0.3) is 10.9 Å². The van der Waals surface area contributed by atoms with Crippen molar-refractivity contribution in [1.29, 1.82) is 0 Å². The van der Waals surface area contributed by atoms with E-state index in [9.17, 15) is 4.79 Å². The molecule has 1 N–H and O–H groups in total. The van der Waals surface area contributed by atoms with Crippen LogP contribution in [0.5, 0.6) is 0 Å². The highest BCUT2D eigenvalue weighted by Crippen LogP contribution is 2.28. The van der Waals surface area contributed by atoms with Crippen molar-refractivity contribution in [2.45, 2.75) is 13.0 Å².